The van der Waals surface area contributed by atoms with E-state index in [-0.39, 0.29) is 0 Å². The fourth-order valence-electron chi connectivity index (χ4n) is 0.506. The van der Waals surface area contributed by atoms with E-state index in [9.17, 15) is 0 Å². The minimum Gasteiger partial charge on any atom is -0.385 e. The summed E-state index contributed by atoms with van der Waals surface area (Å²) in [5, 5.41) is 8.82. The first-order chi connectivity index (χ1) is 3.80. The Morgan fingerprint density at radius 3 is 2.88 bits per heavy atom. The van der Waals surface area contributed by atoms with Gasteiger partial charge in [0.05, 0.1) is 0 Å². The van der Waals surface area contributed by atoms with E-state index in [0.29, 0.717) is 5.82 Å². The lowest BCUT2D eigenvalue weighted by molar-refractivity contribution is 0.190. The molecular weight excluding hydrogens is 104 g/mol. The number of aromatic amines is 1. The fourth-order valence-corrected chi connectivity index (χ4v) is 0.506. The standard InChI is InChI=1S/C5H8N2O/c1-4(8)5-6-2-3-7-5/h2-4,8H,1H3,(H,6,7)/t4-/m1/s1. The van der Waals surface area contributed by atoms with Crippen LogP contribution in [0, 0.1) is 0 Å². The van der Waals surface area contributed by atoms with E-state index in [0.717, 1.165) is 0 Å². The van der Waals surface area contributed by atoms with Gasteiger partial charge in [-0.25, -0.2) is 4.98 Å². The van der Waals surface area contributed by atoms with Gasteiger partial charge in [0.25, 0.3) is 0 Å². The molecule has 0 amide bonds. The second-order valence-corrected chi connectivity index (χ2v) is 1.65. The van der Waals surface area contributed by atoms with Crippen molar-refractivity contribution in [2.24, 2.45) is 0 Å². The molecular formula is C5H8N2O. The van der Waals surface area contributed by atoms with Crippen LogP contribution >= 0.6 is 0 Å². The van der Waals surface area contributed by atoms with Crippen LogP contribution in [-0.4, -0.2) is 15.1 Å². The summed E-state index contributed by atoms with van der Waals surface area (Å²) in [5.74, 6) is 0.616. The van der Waals surface area contributed by atoms with E-state index in [1.54, 1.807) is 19.3 Å². The molecule has 1 aromatic heterocycles. The van der Waals surface area contributed by atoms with Gasteiger partial charge in [-0.1, -0.05) is 0 Å². The van der Waals surface area contributed by atoms with E-state index in [1.165, 1.54) is 0 Å². The van der Waals surface area contributed by atoms with Crippen LogP contribution in [0.25, 0.3) is 0 Å². The number of aliphatic hydroxyl groups is 1. The van der Waals surface area contributed by atoms with Gasteiger partial charge in [-0.05, 0) is 6.92 Å². The van der Waals surface area contributed by atoms with Crippen molar-refractivity contribution in [1.29, 1.82) is 0 Å². The number of nitrogens with zero attached hydrogens (tertiary/aromatic N) is 1. The molecule has 0 radical (unpaired) electrons. The van der Waals surface area contributed by atoms with E-state index in [4.69, 9.17) is 5.11 Å². The highest BCUT2D eigenvalue weighted by atomic mass is 16.3. The van der Waals surface area contributed by atoms with Gasteiger partial charge in [0.1, 0.15) is 11.9 Å². The van der Waals surface area contributed by atoms with E-state index in [2.05, 4.69) is 9.97 Å². The number of imidazole rings is 1. The predicted molar refractivity (Wildman–Crippen MR) is 29.2 cm³/mol. The topological polar surface area (TPSA) is 48.9 Å². The first-order valence-corrected chi connectivity index (χ1v) is 2.48. The zero-order valence-corrected chi connectivity index (χ0v) is 4.63. The van der Waals surface area contributed by atoms with Crippen molar-refractivity contribution in [2.45, 2.75) is 13.0 Å². The Labute approximate surface area is 47.4 Å². The van der Waals surface area contributed by atoms with Gasteiger partial charge in [0.15, 0.2) is 0 Å². The molecule has 3 nitrogen and oxygen atoms in total. The molecule has 0 aliphatic heterocycles. The summed E-state index contributed by atoms with van der Waals surface area (Å²) < 4.78 is 0. The summed E-state index contributed by atoms with van der Waals surface area (Å²) in [6.07, 6.45) is 2.81. The van der Waals surface area contributed by atoms with Gasteiger partial charge in [-0.15, -0.1) is 0 Å². The van der Waals surface area contributed by atoms with E-state index >= 15 is 0 Å². The van der Waals surface area contributed by atoms with Crippen LogP contribution in [0.4, 0.5) is 0 Å². The molecule has 1 aromatic rings. The van der Waals surface area contributed by atoms with Crippen LogP contribution in [0.1, 0.15) is 18.9 Å². The molecule has 8 heavy (non-hydrogen) atoms. The summed E-state index contributed by atoms with van der Waals surface area (Å²) in [5.41, 5.74) is 0. The molecule has 0 aliphatic rings. The van der Waals surface area contributed by atoms with Gasteiger partial charge in [0.2, 0.25) is 0 Å². The molecule has 0 aliphatic carbocycles. The molecule has 0 fully saturated rings. The third-order valence-electron chi connectivity index (χ3n) is 0.915. The highest BCUT2D eigenvalue weighted by molar-refractivity contribution is 4.89. The number of aliphatic hydroxyl groups excluding tert-OH is 1. The van der Waals surface area contributed by atoms with Gasteiger partial charge < -0.3 is 10.1 Å². The molecule has 1 heterocycles. The van der Waals surface area contributed by atoms with E-state index < -0.39 is 6.10 Å². The Bertz CT molecular complexity index is 145. The summed E-state index contributed by atoms with van der Waals surface area (Å²) in [7, 11) is 0. The average molecular weight is 112 g/mol. The maximum atomic E-state index is 8.82. The Balaban J connectivity index is 2.77. The second-order valence-electron chi connectivity index (χ2n) is 1.65. The molecule has 44 valence electrons. The number of H-pyrrole nitrogens is 1. The predicted octanol–water partition coefficient (Wildman–Crippen LogP) is 0.463. The lowest BCUT2D eigenvalue weighted by atomic mass is 10.4. The fraction of sp³-hybridized carbons (Fsp3) is 0.400. The van der Waals surface area contributed by atoms with Crippen LogP contribution in [-0.2, 0) is 0 Å². The number of hydrogen-bond donors (Lipinski definition) is 2. The van der Waals surface area contributed by atoms with Gasteiger partial charge in [-0.2, -0.15) is 0 Å². The van der Waals surface area contributed by atoms with Crippen molar-refractivity contribution in [1.82, 2.24) is 9.97 Å². The van der Waals surface area contributed by atoms with Gasteiger partial charge in [0, 0.05) is 12.4 Å². The first-order valence-electron chi connectivity index (χ1n) is 2.48. The minimum absolute atomic E-state index is 0.481. The number of hydrogen-bond acceptors (Lipinski definition) is 2. The molecule has 0 bridgehead atoms. The SMILES string of the molecule is C[C@@H](O)c1ncc[nH]1. The van der Waals surface area contributed by atoms with Crippen molar-refractivity contribution >= 4 is 0 Å². The molecule has 1 rings (SSSR count). The summed E-state index contributed by atoms with van der Waals surface area (Å²) in [6, 6.07) is 0. The van der Waals surface area contributed by atoms with Crippen LogP contribution < -0.4 is 0 Å². The van der Waals surface area contributed by atoms with Crippen molar-refractivity contribution in [3.05, 3.63) is 18.2 Å². The maximum absolute atomic E-state index is 8.82. The molecule has 2 N–H and O–H groups in total. The third-order valence-corrected chi connectivity index (χ3v) is 0.915. The number of rotatable bonds is 1. The van der Waals surface area contributed by atoms with Crippen molar-refractivity contribution in [3.63, 3.8) is 0 Å². The van der Waals surface area contributed by atoms with Crippen molar-refractivity contribution in [2.75, 3.05) is 0 Å². The second kappa shape index (κ2) is 1.96. The molecule has 1 atom stereocenters. The van der Waals surface area contributed by atoms with Crippen molar-refractivity contribution < 1.29 is 5.11 Å². The monoisotopic (exact) mass is 112 g/mol. The Morgan fingerprint density at radius 2 is 2.62 bits per heavy atom. The highest BCUT2D eigenvalue weighted by Gasteiger charge is 1.98. The van der Waals surface area contributed by atoms with Crippen LogP contribution in [0.15, 0.2) is 12.4 Å². The molecule has 0 saturated heterocycles. The van der Waals surface area contributed by atoms with Gasteiger partial charge >= 0.3 is 0 Å². The Morgan fingerprint density at radius 1 is 1.88 bits per heavy atom. The maximum Gasteiger partial charge on any atom is 0.134 e. The normalized spacial score (nSPS) is 13.8. The third kappa shape index (κ3) is 0.869. The Kier molecular flexibility index (Phi) is 1.30. The van der Waals surface area contributed by atoms with Crippen molar-refractivity contribution in [3.8, 4) is 0 Å². The van der Waals surface area contributed by atoms with Crippen LogP contribution in [0.3, 0.4) is 0 Å². The summed E-state index contributed by atoms with van der Waals surface area (Å²) in [4.78, 5) is 6.59. The smallest absolute Gasteiger partial charge is 0.134 e. The van der Waals surface area contributed by atoms with Crippen LogP contribution in [0.5, 0.6) is 0 Å². The largest absolute Gasteiger partial charge is 0.385 e. The lowest BCUT2D eigenvalue weighted by Gasteiger charge is -1.94. The summed E-state index contributed by atoms with van der Waals surface area (Å²) in [6.45, 7) is 1.67. The molecule has 3 heteroatoms. The highest BCUT2D eigenvalue weighted by Crippen LogP contribution is 2.01. The molecule has 0 aromatic carbocycles. The molecule has 0 spiro atoms. The molecule has 0 saturated carbocycles. The summed E-state index contributed by atoms with van der Waals surface area (Å²) >= 11 is 0. The Hall–Kier alpha value is -0.830. The lowest BCUT2D eigenvalue weighted by Crippen LogP contribution is -1.91. The van der Waals surface area contributed by atoms with Gasteiger partial charge in [-0.3, -0.25) is 0 Å². The minimum atomic E-state index is -0.481. The first kappa shape index (κ1) is 5.31. The van der Waals surface area contributed by atoms with Crippen LogP contribution in [0.2, 0.25) is 0 Å². The average Bonchev–Trinajstić information content (AvgIpc) is 2.12. The molecule has 0 unspecified atom stereocenters. The zero-order valence-electron chi connectivity index (χ0n) is 4.63. The quantitative estimate of drug-likeness (QED) is 0.554. The number of aromatic nitrogens is 2. The van der Waals surface area contributed by atoms with E-state index in [1.807, 2.05) is 0 Å². The zero-order chi connectivity index (χ0) is 5.98. The number of nitrogens with one attached hydrogen (secondary N) is 1.